The van der Waals surface area contributed by atoms with Crippen LogP contribution in [0.4, 0.5) is 5.69 Å². The number of carboxylic acids is 1. The third kappa shape index (κ3) is 2.90. The Bertz CT molecular complexity index is 1310. The largest absolute Gasteiger partial charge is 0.478 e. The Kier molecular flexibility index (Phi) is 4.59. The fourth-order valence-corrected chi connectivity index (χ4v) is 5.84. The van der Waals surface area contributed by atoms with Crippen LogP contribution in [-0.2, 0) is 9.59 Å². The average Bonchev–Trinajstić information content (AvgIpc) is 3.50. The molecule has 3 aromatic carbocycles. The van der Waals surface area contributed by atoms with Crippen LogP contribution in [0, 0.1) is 23.7 Å². The van der Waals surface area contributed by atoms with Crippen molar-refractivity contribution in [2.75, 3.05) is 4.90 Å². The van der Waals surface area contributed by atoms with Crippen molar-refractivity contribution in [2.24, 2.45) is 23.7 Å². The molecule has 0 unspecified atom stereocenters. The van der Waals surface area contributed by atoms with Gasteiger partial charge in [-0.15, -0.1) is 0 Å². The van der Waals surface area contributed by atoms with Crippen LogP contribution in [-0.4, -0.2) is 22.9 Å². The molecular formula is C29H21NO4. The van der Waals surface area contributed by atoms with Crippen LogP contribution >= 0.6 is 0 Å². The zero-order valence-electron chi connectivity index (χ0n) is 18.2. The summed E-state index contributed by atoms with van der Waals surface area (Å²) in [5.41, 5.74) is 4.69. The van der Waals surface area contributed by atoms with E-state index in [0.717, 1.165) is 22.3 Å². The number of benzene rings is 3. The summed E-state index contributed by atoms with van der Waals surface area (Å²) in [4.78, 5) is 39.8. The van der Waals surface area contributed by atoms with Crippen molar-refractivity contribution in [3.05, 3.63) is 119 Å². The highest BCUT2D eigenvalue weighted by Gasteiger charge is 2.62. The second-order valence-corrected chi connectivity index (χ2v) is 8.92. The molecule has 1 N–H and O–H groups in total. The van der Waals surface area contributed by atoms with Crippen LogP contribution in [0.5, 0.6) is 0 Å². The molecule has 5 nitrogen and oxygen atoms in total. The smallest absolute Gasteiger partial charge is 0.335 e. The van der Waals surface area contributed by atoms with Crippen molar-refractivity contribution in [3.63, 3.8) is 0 Å². The second kappa shape index (κ2) is 7.66. The third-order valence-electron chi connectivity index (χ3n) is 7.18. The van der Waals surface area contributed by atoms with Gasteiger partial charge in [0.15, 0.2) is 0 Å². The van der Waals surface area contributed by atoms with Crippen molar-refractivity contribution in [1.29, 1.82) is 0 Å². The van der Waals surface area contributed by atoms with Gasteiger partial charge in [0.1, 0.15) is 0 Å². The van der Waals surface area contributed by atoms with E-state index >= 15 is 0 Å². The lowest BCUT2D eigenvalue weighted by Gasteiger charge is -2.21. The molecular weight excluding hydrogens is 426 g/mol. The van der Waals surface area contributed by atoms with Gasteiger partial charge in [0.2, 0.25) is 11.8 Å². The number of imide groups is 1. The number of carbonyl (C=O) groups is 3. The van der Waals surface area contributed by atoms with Gasteiger partial charge in [0.05, 0.1) is 23.1 Å². The molecule has 0 aromatic heterocycles. The summed E-state index contributed by atoms with van der Waals surface area (Å²) in [5.74, 6) is -2.91. The van der Waals surface area contributed by atoms with Gasteiger partial charge in [-0.1, -0.05) is 78.9 Å². The lowest BCUT2D eigenvalue weighted by molar-refractivity contribution is -0.122. The number of anilines is 1. The molecule has 3 aliphatic rings. The molecule has 3 aromatic rings. The molecule has 5 heteroatoms. The summed E-state index contributed by atoms with van der Waals surface area (Å²) in [7, 11) is 0. The molecule has 0 radical (unpaired) electrons. The molecule has 1 aliphatic heterocycles. The first-order valence-corrected chi connectivity index (χ1v) is 11.3. The van der Waals surface area contributed by atoms with Gasteiger partial charge in [0, 0.05) is 11.8 Å². The Hall–Kier alpha value is -4.25. The summed E-state index contributed by atoms with van der Waals surface area (Å²) in [5, 5.41) is 9.35. The fraction of sp³-hybridized carbons (Fsp3) is 0.138. The first kappa shape index (κ1) is 20.4. The Labute approximate surface area is 196 Å². The topological polar surface area (TPSA) is 74.7 Å². The molecule has 2 bridgehead atoms. The number of fused-ring (bicyclic) bond motifs is 5. The summed E-state index contributed by atoms with van der Waals surface area (Å²) in [6.45, 7) is 0. The molecule has 2 fully saturated rings. The van der Waals surface area contributed by atoms with E-state index < -0.39 is 17.8 Å². The van der Waals surface area contributed by atoms with Crippen molar-refractivity contribution < 1.29 is 19.5 Å². The zero-order valence-corrected chi connectivity index (χ0v) is 18.2. The van der Waals surface area contributed by atoms with E-state index in [1.807, 2.05) is 36.4 Å². The average molecular weight is 447 g/mol. The maximum atomic E-state index is 13.6. The van der Waals surface area contributed by atoms with Gasteiger partial charge < -0.3 is 5.11 Å². The quantitative estimate of drug-likeness (QED) is 0.460. The third-order valence-corrected chi connectivity index (χ3v) is 7.18. The van der Waals surface area contributed by atoms with Gasteiger partial charge in [-0.2, -0.15) is 0 Å². The van der Waals surface area contributed by atoms with E-state index in [9.17, 15) is 19.5 Å². The van der Waals surface area contributed by atoms with E-state index in [0.29, 0.717) is 5.69 Å². The number of carboxylic acid groups (broad SMARTS) is 1. The van der Waals surface area contributed by atoms with E-state index in [1.54, 1.807) is 12.1 Å². The Morgan fingerprint density at radius 1 is 0.676 bits per heavy atom. The van der Waals surface area contributed by atoms with Crippen molar-refractivity contribution in [2.45, 2.75) is 0 Å². The van der Waals surface area contributed by atoms with Crippen molar-refractivity contribution in [3.8, 4) is 0 Å². The molecule has 1 saturated carbocycles. The predicted octanol–water partition coefficient (Wildman–Crippen LogP) is 4.81. The van der Waals surface area contributed by atoms with Gasteiger partial charge in [-0.3, -0.25) is 9.59 Å². The number of nitrogens with zero attached hydrogens (tertiary/aromatic N) is 1. The highest BCUT2D eigenvalue weighted by Crippen LogP contribution is 2.58. The minimum Gasteiger partial charge on any atom is -0.478 e. The SMILES string of the molecule is O=C(O)c1cccc(N2C(=O)[C@@H]3[C@@H](C2=O)[C@H]2C=C[C@@H]3C2=C(c2ccccc2)c2ccccc2)c1. The van der Waals surface area contributed by atoms with Gasteiger partial charge in [-0.05, 0) is 40.5 Å². The molecule has 0 spiro atoms. The molecule has 34 heavy (non-hydrogen) atoms. The summed E-state index contributed by atoms with van der Waals surface area (Å²) >= 11 is 0. The van der Waals surface area contributed by atoms with Gasteiger partial charge in [-0.25, -0.2) is 9.69 Å². The number of hydrogen-bond acceptors (Lipinski definition) is 3. The number of amides is 2. The second-order valence-electron chi connectivity index (χ2n) is 8.92. The van der Waals surface area contributed by atoms with Crippen molar-refractivity contribution >= 4 is 29.0 Å². The van der Waals surface area contributed by atoms with Crippen LogP contribution in [0.25, 0.3) is 5.57 Å². The molecule has 2 amide bonds. The Balaban J connectivity index is 1.47. The molecule has 166 valence electrons. The normalized spacial score (nSPS) is 24.6. The van der Waals surface area contributed by atoms with E-state index in [2.05, 4.69) is 36.4 Å². The first-order chi connectivity index (χ1) is 16.6. The van der Waals surface area contributed by atoms with E-state index in [1.165, 1.54) is 17.0 Å². The fourth-order valence-electron chi connectivity index (χ4n) is 5.84. The number of rotatable bonds is 4. The van der Waals surface area contributed by atoms with Crippen LogP contribution in [0.3, 0.4) is 0 Å². The predicted molar refractivity (Wildman–Crippen MR) is 128 cm³/mol. The van der Waals surface area contributed by atoms with Crippen LogP contribution in [0.1, 0.15) is 21.5 Å². The maximum Gasteiger partial charge on any atom is 0.335 e. The first-order valence-electron chi connectivity index (χ1n) is 11.3. The minimum atomic E-state index is -1.09. The maximum absolute atomic E-state index is 13.6. The molecule has 6 rings (SSSR count). The summed E-state index contributed by atoms with van der Waals surface area (Å²) < 4.78 is 0. The minimum absolute atomic E-state index is 0.0484. The number of carbonyl (C=O) groups excluding carboxylic acids is 2. The summed E-state index contributed by atoms with van der Waals surface area (Å²) in [6, 6.07) is 26.2. The van der Waals surface area contributed by atoms with Crippen LogP contribution < -0.4 is 4.90 Å². The highest BCUT2D eigenvalue weighted by molar-refractivity contribution is 6.23. The van der Waals surface area contributed by atoms with Gasteiger partial charge in [0.25, 0.3) is 0 Å². The van der Waals surface area contributed by atoms with Crippen LogP contribution in [0.2, 0.25) is 0 Å². The Morgan fingerprint density at radius 2 is 1.18 bits per heavy atom. The lowest BCUT2D eigenvalue weighted by atomic mass is 9.85. The van der Waals surface area contributed by atoms with E-state index in [-0.39, 0.29) is 29.2 Å². The number of hydrogen-bond donors (Lipinski definition) is 1. The zero-order chi connectivity index (χ0) is 23.4. The molecule has 4 atom stereocenters. The molecule has 1 saturated heterocycles. The number of allylic oxidation sites excluding steroid dienone is 3. The molecule has 1 heterocycles. The standard InChI is InChI=1S/C29H21NO4/c31-27-25-21-14-15-22(26(25)28(32)30(27)20-13-7-12-19(16-20)29(33)34)24(21)23(17-8-3-1-4-9-17)18-10-5-2-6-11-18/h1-16,21-22,25-26H,(H,33,34)/t21-,22+,25-,26-/m0/s1. The van der Waals surface area contributed by atoms with Crippen molar-refractivity contribution in [1.82, 2.24) is 0 Å². The number of aromatic carboxylic acids is 1. The Morgan fingerprint density at radius 3 is 1.68 bits per heavy atom. The van der Waals surface area contributed by atoms with Crippen LogP contribution in [0.15, 0.2) is 103 Å². The van der Waals surface area contributed by atoms with Gasteiger partial charge >= 0.3 is 5.97 Å². The highest BCUT2D eigenvalue weighted by atomic mass is 16.4. The monoisotopic (exact) mass is 447 g/mol. The van der Waals surface area contributed by atoms with E-state index in [4.69, 9.17) is 0 Å². The summed E-state index contributed by atoms with van der Waals surface area (Å²) in [6.07, 6.45) is 4.13. The lowest BCUT2D eigenvalue weighted by Crippen LogP contribution is -2.33. The molecule has 2 aliphatic carbocycles.